The normalized spacial score (nSPS) is 10.7. The van der Waals surface area contributed by atoms with Crippen LogP contribution in [0, 0.1) is 0 Å². The van der Waals surface area contributed by atoms with Crippen molar-refractivity contribution in [2.45, 2.75) is 6.54 Å². The van der Waals surface area contributed by atoms with E-state index in [9.17, 15) is 4.79 Å². The van der Waals surface area contributed by atoms with Crippen LogP contribution >= 0.6 is 0 Å². The maximum Gasteiger partial charge on any atom is 0.339 e. The van der Waals surface area contributed by atoms with Crippen LogP contribution in [0.5, 0.6) is 0 Å². The van der Waals surface area contributed by atoms with Crippen molar-refractivity contribution in [3.05, 3.63) is 53.9 Å². The minimum absolute atomic E-state index is 0.0178. The lowest BCUT2D eigenvalue weighted by Crippen LogP contribution is -2.13. The molecule has 0 saturated heterocycles. The van der Waals surface area contributed by atoms with Gasteiger partial charge in [0.25, 0.3) is 0 Å². The summed E-state index contributed by atoms with van der Waals surface area (Å²) in [6, 6.07) is 9.81. The molecule has 7 nitrogen and oxygen atoms in total. The first-order chi connectivity index (χ1) is 10.2. The molecule has 0 fully saturated rings. The Hall–Kier alpha value is -2.93. The number of hydrogen-bond acceptors (Lipinski definition) is 5. The van der Waals surface area contributed by atoms with Gasteiger partial charge in [0, 0.05) is 6.20 Å². The zero-order valence-electron chi connectivity index (χ0n) is 11.0. The predicted octanol–water partition coefficient (Wildman–Crippen LogP) is 1.46. The van der Waals surface area contributed by atoms with Gasteiger partial charge in [-0.15, -0.1) is 0 Å². The van der Waals surface area contributed by atoms with E-state index in [-0.39, 0.29) is 5.56 Å². The summed E-state index contributed by atoms with van der Waals surface area (Å²) in [5.41, 5.74) is 4.41. The van der Waals surface area contributed by atoms with Gasteiger partial charge in [0.1, 0.15) is 5.56 Å². The van der Waals surface area contributed by atoms with Crippen LogP contribution in [0.4, 0.5) is 5.69 Å². The number of benzene rings is 1. The standard InChI is InChI=1S/C14H13N5O2/c15-18-12-10-7-17-19(8-9-4-2-1-3-5-9)13(10)16-6-11(12)14(20)21/h1-7H,8,15H2,(H,16,18)(H,20,21). The van der Waals surface area contributed by atoms with Gasteiger partial charge >= 0.3 is 5.97 Å². The average molecular weight is 283 g/mol. The van der Waals surface area contributed by atoms with E-state index in [0.29, 0.717) is 23.3 Å². The van der Waals surface area contributed by atoms with Gasteiger partial charge in [-0.3, -0.25) is 5.84 Å². The number of carbonyl (C=O) groups is 1. The summed E-state index contributed by atoms with van der Waals surface area (Å²) in [4.78, 5) is 15.4. The molecule has 0 spiro atoms. The maximum atomic E-state index is 11.2. The first kappa shape index (κ1) is 13.1. The van der Waals surface area contributed by atoms with Gasteiger partial charge < -0.3 is 10.5 Å². The molecule has 0 saturated carbocycles. The number of carboxylic acids is 1. The smallest absolute Gasteiger partial charge is 0.339 e. The summed E-state index contributed by atoms with van der Waals surface area (Å²) < 4.78 is 1.71. The molecule has 2 aromatic heterocycles. The molecule has 0 atom stereocenters. The summed E-state index contributed by atoms with van der Waals surface area (Å²) in [7, 11) is 0. The van der Waals surface area contributed by atoms with Gasteiger partial charge in [-0.25, -0.2) is 14.5 Å². The van der Waals surface area contributed by atoms with Crippen LogP contribution in [0.25, 0.3) is 11.0 Å². The molecule has 3 aromatic rings. The van der Waals surface area contributed by atoms with Gasteiger partial charge in [0.15, 0.2) is 5.65 Å². The Kier molecular flexibility index (Phi) is 3.25. The SMILES string of the molecule is NNc1c(C(=O)O)cnc2c1cnn2Cc1ccccc1. The number of rotatable bonds is 4. The van der Waals surface area contributed by atoms with E-state index >= 15 is 0 Å². The molecule has 0 radical (unpaired) electrons. The highest BCUT2D eigenvalue weighted by molar-refractivity contribution is 6.03. The number of anilines is 1. The van der Waals surface area contributed by atoms with E-state index < -0.39 is 5.97 Å². The second-order valence-electron chi connectivity index (χ2n) is 4.52. The first-order valence-electron chi connectivity index (χ1n) is 6.29. The largest absolute Gasteiger partial charge is 0.478 e. The van der Waals surface area contributed by atoms with Gasteiger partial charge in [0.05, 0.1) is 23.8 Å². The highest BCUT2D eigenvalue weighted by atomic mass is 16.4. The zero-order valence-corrected chi connectivity index (χ0v) is 11.0. The third-order valence-corrected chi connectivity index (χ3v) is 3.22. The number of nitrogens with two attached hydrogens (primary N) is 1. The minimum atomic E-state index is -1.09. The van der Waals surface area contributed by atoms with Crippen LogP contribution in [0.1, 0.15) is 15.9 Å². The lowest BCUT2D eigenvalue weighted by atomic mass is 10.2. The van der Waals surface area contributed by atoms with Gasteiger partial charge in [-0.1, -0.05) is 30.3 Å². The topological polar surface area (TPSA) is 106 Å². The number of hydrazine groups is 1. The summed E-state index contributed by atoms with van der Waals surface area (Å²) in [5.74, 6) is 4.35. The Bertz CT molecular complexity index is 798. The van der Waals surface area contributed by atoms with Crippen LogP contribution in [-0.4, -0.2) is 25.8 Å². The van der Waals surface area contributed by atoms with E-state index in [1.807, 2.05) is 30.3 Å². The maximum absolute atomic E-state index is 11.2. The molecule has 2 heterocycles. The summed E-state index contributed by atoms with van der Waals surface area (Å²) >= 11 is 0. The summed E-state index contributed by atoms with van der Waals surface area (Å²) in [6.07, 6.45) is 2.84. The number of fused-ring (bicyclic) bond motifs is 1. The summed E-state index contributed by atoms with van der Waals surface area (Å²) in [6.45, 7) is 0.549. The molecular weight excluding hydrogens is 270 g/mol. The van der Waals surface area contributed by atoms with E-state index in [4.69, 9.17) is 10.9 Å². The highest BCUT2D eigenvalue weighted by Crippen LogP contribution is 2.25. The molecule has 0 amide bonds. The van der Waals surface area contributed by atoms with Crippen LogP contribution in [0.3, 0.4) is 0 Å². The lowest BCUT2D eigenvalue weighted by molar-refractivity contribution is 0.0697. The fraction of sp³-hybridized carbons (Fsp3) is 0.0714. The monoisotopic (exact) mass is 283 g/mol. The van der Waals surface area contributed by atoms with Crippen molar-refractivity contribution in [2.75, 3.05) is 5.43 Å². The Balaban J connectivity index is 2.09. The second-order valence-corrected chi connectivity index (χ2v) is 4.52. The Labute approximate surface area is 120 Å². The second kappa shape index (κ2) is 5.22. The van der Waals surface area contributed by atoms with Crippen molar-refractivity contribution in [2.24, 2.45) is 5.84 Å². The molecule has 4 N–H and O–H groups in total. The van der Waals surface area contributed by atoms with Crippen LogP contribution in [0.2, 0.25) is 0 Å². The Morgan fingerprint density at radius 3 is 2.71 bits per heavy atom. The number of nitrogens with one attached hydrogen (secondary N) is 1. The molecule has 0 aliphatic heterocycles. The minimum Gasteiger partial charge on any atom is -0.478 e. The Morgan fingerprint density at radius 2 is 2.05 bits per heavy atom. The summed E-state index contributed by atoms with van der Waals surface area (Å²) in [5, 5.41) is 14.0. The molecule has 0 aliphatic rings. The number of nitrogens with zero attached hydrogens (tertiary/aromatic N) is 3. The lowest BCUT2D eigenvalue weighted by Gasteiger charge is -2.07. The third kappa shape index (κ3) is 2.30. The molecule has 106 valence electrons. The Morgan fingerprint density at radius 1 is 1.29 bits per heavy atom. The zero-order chi connectivity index (χ0) is 14.8. The molecule has 0 bridgehead atoms. The molecular formula is C14H13N5O2. The van der Waals surface area contributed by atoms with Crippen LogP contribution < -0.4 is 11.3 Å². The van der Waals surface area contributed by atoms with Crippen molar-refractivity contribution in [1.29, 1.82) is 0 Å². The van der Waals surface area contributed by atoms with Crippen molar-refractivity contribution in [1.82, 2.24) is 14.8 Å². The van der Waals surface area contributed by atoms with Gasteiger partial charge in [-0.2, -0.15) is 5.10 Å². The van der Waals surface area contributed by atoms with Crippen LogP contribution in [0.15, 0.2) is 42.7 Å². The van der Waals surface area contributed by atoms with Crippen molar-refractivity contribution < 1.29 is 9.90 Å². The molecule has 0 unspecified atom stereocenters. The molecule has 21 heavy (non-hydrogen) atoms. The first-order valence-corrected chi connectivity index (χ1v) is 6.29. The number of pyridine rings is 1. The number of carboxylic acid groups (broad SMARTS) is 1. The van der Waals surface area contributed by atoms with Crippen molar-refractivity contribution in [3.8, 4) is 0 Å². The quantitative estimate of drug-likeness (QED) is 0.494. The molecule has 3 rings (SSSR count). The number of nitrogen functional groups attached to an aromatic ring is 1. The number of hydrogen-bond donors (Lipinski definition) is 3. The van der Waals surface area contributed by atoms with Crippen LogP contribution in [-0.2, 0) is 6.54 Å². The van der Waals surface area contributed by atoms with Crippen molar-refractivity contribution >= 4 is 22.7 Å². The molecule has 0 aliphatic carbocycles. The van der Waals surface area contributed by atoms with E-state index in [0.717, 1.165) is 5.56 Å². The predicted molar refractivity (Wildman–Crippen MR) is 77.8 cm³/mol. The van der Waals surface area contributed by atoms with Gasteiger partial charge in [-0.05, 0) is 5.56 Å². The van der Waals surface area contributed by atoms with Gasteiger partial charge in [0.2, 0.25) is 0 Å². The average Bonchev–Trinajstić information content (AvgIpc) is 2.90. The fourth-order valence-corrected chi connectivity index (χ4v) is 2.22. The van der Waals surface area contributed by atoms with E-state index in [2.05, 4.69) is 15.5 Å². The fourth-order valence-electron chi connectivity index (χ4n) is 2.22. The highest BCUT2D eigenvalue weighted by Gasteiger charge is 2.16. The van der Waals surface area contributed by atoms with E-state index in [1.165, 1.54) is 6.20 Å². The third-order valence-electron chi connectivity index (χ3n) is 3.22. The number of aromatic nitrogens is 3. The van der Waals surface area contributed by atoms with Crippen molar-refractivity contribution in [3.63, 3.8) is 0 Å². The molecule has 1 aromatic carbocycles. The molecule has 7 heteroatoms. The van der Waals surface area contributed by atoms with E-state index in [1.54, 1.807) is 10.9 Å². The number of aromatic carboxylic acids is 1.